The van der Waals surface area contributed by atoms with Crippen molar-refractivity contribution in [1.29, 1.82) is 0 Å². The number of rotatable bonds is 4. The summed E-state index contributed by atoms with van der Waals surface area (Å²) in [6.07, 6.45) is 0. The maximum Gasteiger partial charge on any atom is 0.132 e. The van der Waals surface area contributed by atoms with E-state index in [4.69, 9.17) is 10.5 Å². The maximum atomic E-state index is 14.0. The number of hydrogen-bond acceptors (Lipinski definition) is 3. The molecule has 0 saturated heterocycles. The molecule has 1 aromatic heterocycles. The second-order valence-electron chi connectivity index (χ2n) is 4.39. The van der Waals surface area contributed by atoms with Crippen molar-refractivity contribution in [1.82, 2.24) is 9.78 Å². The van der Waals surface area contributed by atoms with Gasteiger partial charge in [-0.1, -0.05) is 6.07 Å². The lowest BCUT2D eigenvalue weighted by molar-refractivity contribution is 0.410. The third-order valence-corrected chi connectivity index (χ3v) is 3.09. The van der Waals surface area contributed by atoms with Crippen molar-refractivity contribution in [3.05, 3.63) is 47.0 Å². The molecule has 1 heterocycles. The number of aromatic nitrogens is 2. The minimum atomic E-state index is -0.535. The van der Waals surface area contributed by atoms with Gasteiger partial charge >= 0.3 is 0 Å². The predicted molar refractivity (Wildman–Crippen MR) is 71.6 cm³/mol. The summed E-state index contributed by atoms with van der Waals surface area (Å²) < 4.78 is 20.8. The second-order valence-corrected chi connectivity index (χ2v) is 4.39. The van der Waals surface area contributed by atoms with Crippen LogP contribution >= 0.6 is 0 Å². The standard InChI is InChI=1S/C14H18FN3O/c1-4-18-13(7-9(2)17-18)14(16)11-6-5-10(19-3)8-12(11)15/h5-8,14H,4,16H2,1-3H3. The van der Waals surface area contributed by atoms with E-state index in [0.717, 1.165) is 11.4 Å². The fraction of sp³-hybridized carbons (Fsp3) is 0.357. The van der Waals surface area contributed by atoms with Crippen LogP contribution in [0.5, 0.6) is 5.75 Å². The molecule has 102 valence electrons. The molecule has 0 aliphatic rings. The molecule has 0 bridgehead atoms. The summed E-state index contributed by atoms with van der Waals surface area (Å²) >= 11 is 0. The highest BCUT2D eigenvalue weighted by atomic mass is 19.1. The van der Waals surface area contributed by atoms with Gasteiger partial charge in [-0.05, 0) is 26.0 Å². The van der Waals surface area contributed by atoms with Crippen molar-refractivity contribution in [2.45, 2.75) is 26.4 Å². The van der Waals surface area contributed by atoms with Gasteiger partial charge in [0.25, 0.3) is 0 Å². The Morgan fingerprint density at radius 2 is 2.16 bits per heavy atom. The number of nitrogens with two attached hydrogens (primary N) is 1. The van der Waals surface area contributed by atoms with Gasteiger partial charge in [0, 0.05) is 18.2 Å². The first-order valence-corrected chi connectivity index (χ1v) is 6.20. The van der Waals surface area contributed by atoms with Crippen LogP contribution in [0.1, 0.15) is 29.9 Å². The van der Waals surface area contributed by atoms with Crippen LogP contribution in [0.4, 0.5) is 4.39 Å². The van der Waals surface area contributed by atoms with Gasteiger partial charge in [0.05, 0.1) is 24.5 Å². The Kier molecular flexibility index (Phi) is 3.85. The van der Waals surface area contributed by atoms with Crippen molar-refractivity contribution >= 4 is 0 Å². The number of ether oxygens (including phenoxy) is 1. The van der Waals surface area contributed by atoms with E-state index in [1.54, 1.807) is 16.8 Å². The lowest BCUT2D eigenvalue weighted by Crippen LogP contribution is -2.18. The first kappa shape index (κ1) is 13.5. The largest absolute Gasteiger partial charge is 0.497 e. The Hall–Kier alpha value is -1.88. The summed E-state index contributed by atoms with van der Waals surface area (Å²) in [5.74, 6) is 0.113. The molecule has 1 unspecified atom stereocenters. The van der Waals surface area contributed by atoms with Gasteiger partial charge in [0.15, 0.2) is 0 Å². The van der Waals surface area contributed by atoms with Crippen LogP contribution in [-0.2, 0) is 6.54 Å². The quantitative estimate of drug-likeness (QED) is 0.921. The molecule has 1 aromatic carbocycles. The Labute approximate surface area is 112 Å². The minimum Gasteiger partial charge on any atom is -0.497 e. The summed E-state index contributed by atoms with van der Waals surface area (Å²) in [4.78, 5) is 0. The molecule has 19 heavy (non-hydrogen) atoms. The van der Waals surface area contributed by atoms with Gasteiger partial charge in [-0.3, -0.25) is 4.68 Å². The smallest absolute Gasteiger partial charge is 0.132 e. The SMILES string of the molecule is CCn1nc(C)cc1C(N)c1ccc(OC)cc1F. The fourth-order valence-corrected chi connectivity index (χ4v) is 2.12. The van der Waals surface area contributed by atoms with Crippen LogP contribution in [-0.4, -0.2) is 16.9 Å². The number of aryl methyl sites for hydroxylation is 2. The van der Waals surface area contributed by atoms with E-state index < -0.39 is 6.04 Å². The average molecular weight is 263 g/mol. The summed E-state index contributed by atoms with van der Waals surface area (Å²) in [7, 11) is 1.50. The molecule has 0 amide bonds. The van der Waals surface area contributed by atoms with Gasteiger partial charge in [-0.25, -0.2) is 4.39 Å². The van der Waals surface area contributed by atoms with Gasteiger partial charge < -0.3 is 10.5 Å². The molecule has 0 aliphatic carbocycles. The van der Waals surface area contributed by atoms with Crippen LogP contribution in [0.25, 0.3) is 0 Å². The Balaban J connectivity index is 2.40. The van der Waals surface area contributed by atoms with Crippen molar-refractivity contribution < 1.29 is 9.13 Å². The second kappa shape index (κ2) is 5.40. The van der Waals surface area contributed by atoms with Gasteiger partial charge in [0.1, 0.15) is 11.6 Å². The third kappa shape index (κ3) is 2.61. The molecule has 1 atom stereocenters. The third-order valence-electron chi connectivity index (χ3n) is 3.09. The molecular formula is C14H18FN3O. The summed E-state index contributed by atoms with van der Waals surface area (Å²) in [5.41, 5.74) is 8.28. The number of nitrogens with zero attached hydrogens (tertiary/aromatic N) is 2. The van der Waals surface area contributed by atoms with Crippen molar-refractivity contribution in [2.24, 2.45) is 5.73 Å². The molecule has 2 N–H and O–H groups in total. The Morgan fingerprint density at radius 3 is 2.74 bits per heavy atom. The number of benzene rings is 1. The average Bonchev–Trinajstić information content (AvgIpc) is 2.79. The minimum absolute atomic E-state index is 0.367. The van der Waals surface area contributed by atoms with Crippen LogP contribution in [0.15, 0.2) is 24.3 Å². The van der Waals surface area contributed by atoms with Crippen LogP contribution in [0.3, 0.4) is 0 Å². The fourth-order valence-electron chi connectivity index (χ4n) is 2.12. The molecule has 5 heteroatoms. The number of halogens is 1. The highest BCUT2D eigenvalue weighted by molar-refractivity contribution is 5.35. The van der Waals surface area contributed by atoms with Gasteiger partial charge in [0.2, 0.25) is 0 Å². The van der Waals surface area contributed by atoms with Gasteiger partial charge in [-0.15, -0.1) is 0 Å². The molecule has 0 spiro atoms. The molecule has 0 saturated carbocycles. The monoisotopic (exact) mass is 263 g/mol. The van der Waals surface area contributed by atoms with Crippen molar-refractivity contribution in [3.63, 3.8) is 0 Å². The molecule has 0 fully saturated rings. The molecule has 0 aliphatic heterocycles. The van der Waals surface area contributed by atoms with Crippen molar-refractivity contribution in [3.8, 4) is 5.75 Å². The number of methoxy groups -OCH3 is 1. The van der Waals surface area contributed by atoms with Gasteiger partial charge in [-0.2, -0.15) is 5.10 Å². The van der Waals surface area contributed by atoms with E-state index in [9.17, 15) is 4.39 Å². The molecular weight excluding hydrogens is 245 g/mol. The maximum absolute atomic E-state index is 14.0. The van der Waals surface area contributed by atoms with E-state index in [2.05, 4.69) is 5.10 Å². The zero-order valence-corrected chi connectivity index (χ0v) is 11.4. The summed E-state index contributed by atoms with van der Waals surface area (Å²) in [6, 6.07) is 6.05. The zero-order chi connectivity index (χ0) is 14.0. The Morgan fingerprint density at radius 1 is 1.42 bits per heavy atom. The zero-order valence-electron chi connectivity index (χ0n) is 11.4. The lowest BCUT2D eigenvalue weighted by Gasteiger charge is -2.15. The van der Waals surface area contributed by atoms with Crippen LogP contribution < -0.4 is 10.5 Å². The van der Waals surface area contributed by atoms with E-state index >= 15 is 0 Å². The normalized spacial score (nSPS) is 12.5. The predicted octanol–water partition coefficient (Wildman–Crippen LogP) is 2.41. The van der Waals surface area contributed by atoms with E-state index in [0.29, 0.717) is 17.9 Å². The molecule has 0 radical (unpaired) electrons. The summed E-state index contributed by atoms with van der Waals surface area (Å²) in [5, 5.41) is 4.33. The Bertz CT molecular complexity index is 580. The molecule has 2 rings (SSSR count). The van der Waals surface area contributed by atoms with Crippen molar-refractivity contribution in [2.75, 3.05) is 7.11 Å². The van der Waals surface area contributed by atoms with Crippen LogP contribution in [0, 0.1) is 12.7 Å². The number of hydrogen-bond donors (Lipinski definition) is 1. The highest BCUT2D eigenvalue weighted by Gasteiger charge is 2.18. The van der Waals surface area contributed by atoms with E-state index in [1.165, 1.54) is 13.2 Å². The highest BCUT2D eigenvalue weighted by Crippen LogP contribution is 2.25. The van der Waals surface area contributed by atoms with E-state index in [1.807, 2.05) is 19.9 Å². The molecule has 4 nitrogen and oxygen atoms in total. The summed E-state index contributed by atoms with van der Waals surface area (Å²) in [6.45, 7) is 4.58. The van der Waals surface area contributed by atoms with Crippen LogP contribution in [0.2, 0.25) is 0 Å². The first-order valence-electron chi connectivity index (χ1n) is 6.20. The molecule has 2 aromatic rings. The van der Waals surface area contributed by atoms with E-state index in [-0.39, 0.29) is 5.82 Å². The first-order chi connectivity index (χ1) is 9.06. The lowest BCUT2D eigenvalue weighted by atomic mass is 10.0. The topological polar surface area (TPSA) is 53.1 Å².